The number of carbonyl (C=O) groups excluding carboxylic acids is 1. The molecule has 8 heteroatoms. The van der Waals surface area contributed by atoms with Crippen LogP contribution in [0.2, 0.25) is 0 Å². The van der Waals surface area contributed by atoms with Crippen molar-refractivity contribution in [3.63, 3.8) is 0 Å². The normalized spacial score (nSPS) is 11.0. The van der Waals surface area contributed by atoms with Gasteiger partial charge in [-0.1, -0.05) is 0 Å². The van der Waals surface area contributed by atoms with Gasteiger partial charge in [-0.05, 0) is 55.0 Å². The van der Waals surface area contributed by atoms with Gasteiger partial charge in [-0.3, -0.25) is 4.79 Å². The molecule has 2 rings (SSSR count). The second kappa shape index (κ2) is 9.94. The summed E-state index contributed by atoms with van der Waals surface area (Å²) in [5, 5.41) is 2.81. The first-order valence-corrected chi connectivity index (χ1v) is 10.4. The van der Waals surface area contributed by atoms with E-state index in [2.05, 4.69) is 5.32 Å². The Morgan fingerprint density at radius 1 is 0.963 bits per heavy atom. The highest BCUT2D eigenvalue weighted by atomic mass is 32.2. The quantitative estimate of drug-likeness (QED) is 0.600. The van der Waals surface area contributed by atoms with Crippen molar-refractivity contribution >= 4 is 21.4 Å². The van der Waals surface area contributed by atoms with Gasteiger partial charge in [-0.25, -0.2) is 8.42 Å². The lowest BCUT2D eigenvalue weighted by molar-refractivity contribution is -0.116. The predicted octanol–water partition coefficient (Wildman–Crippen LogP) is 2.23. The Hall–Kier alpha value is -2.58. The molecule has 0 unspecified atom stereocenters. The van der Waals surface area contributed by atoms with Crippen molar-refractivity contribution in [1.29, 1.82) is 0 Å². The molecule has 27 heavy (non-hydrogen) atoms. The monoisotopic (exact) mass is 392 g/mol. The van der Waals surface area contributed by atoms with Crippen LogP contribution < -0.4 is 20.5 Å². The Morgan fingerprint density at radius 3 is 2.07 bits per heavy atom. The molecule has 146 valence electrons. The van der Waals surface area contributed by atoms with Crippen LogP contribution in [0.1, 0.15) is 12.8 Å². The minimum Gasteiger partial charge on any atom is -0.494 e. The van der Waals surface area contributed by atoms with E-state index in [0.717, 1.165) is 6.26 Å². The summed E-state index contributed by atoms with van der Waals surface area (Å²) < 4.78 is 33.7. The third-order valence-electron chi connectivity index (χ3n) is 3.59. The van der Waals surface area contributed by atoms with Crippen LogP contribution in [0.25, 0.3) is 0 Å². The number of hydrogen-bond donors (Lipinski definition) is 2. The molecule has 0 atom stereocenters. The number of rotatable bonds is 10. The van der Waals surface area contributed by atoms with E-state index in [1.165, 1.54) is 12.1 Å². The lowest BCUT2D eigenvalue weighted by atomic mass is 10.2. The van der Waals surface area contributed by atoms with Crippen LogP contribution in [-0.2, 0) is 14.6 Å². The number of benzene rings is 2. The summed E-state index contributed by atoms with van der Waals surface area (Å²) in [6.45, 7) is 1.25. The van der Waals surface area contributed by atoms with Gasteiger partial charge >= 0.3 is 0 Å². The van der Waals surface area contributed by atoms with Crippen LogP contribution in [0, 0.1) is 0 Å². The average Bonchev–Trinajstić information content (AvgIpc) is 2.64. The molecule has 0 bridgehead atoms. The molecule has 0 aromatic heterocycles. The van der Waals surface area contributed by atoms with Crippen molar-refractivity contribution in [3.05, 3.63) is 48.5 Å². The fourth-order valence-electron chi connectivity index (χ4n) is 2.24. The Balaban J connectivity index is 1.70. The van der Waals surface area contributed by atoms with E-state index in [9.17, 15) is 13.2 Å². The van der Waals surface area contributed by atoms with Crippen molar-refractivity contribution in [2.75, 3.05) is 31.3 Å². The van der Waals surface area contributed by atoms with Gasteiger partial charge in [0.1, 0.15) is 18.1 Å². The molecule has 7 nitrogen and oxygen atoms in total. The molecular formula is C19H24N2O5S. The first-order valence-electron chi connectivity index (χ1n) is 8.54. The van der Waals surface area contributed by atoms with Crippen LogP contribution in [-0.4, -0.2) is 40.3 Å². The highest BCUT2D eigenvalue weighted by Crippen LogP contribution is 2.17. The van der Waals surface area contributed by atoms with Gasteiger partial charge in [0.2, 0.25) is 5.91 Å². The Morgan fingerprint density at radius 2 is 1.52 bits per heavy atom. The molecule has 2 aromatic carbocycles. The van der Waals surface area contributed by atoms with Crippen molar-refractivity contribution in [2.24, 2.45) is 5.73 Å². The SMILES string of the molecule is CS(=O)(=O)c1ccc(OCCCC(=O)Nc2ccc(OCCN)cc2)cc1. The van der Waals surface area contributed by atoms with Crippen LogP contribution in [0.3, 0.4) is 0 Å². The molecule has 2 aromatic rings. The van der Waals surface area contributed by atoms with Gasteiger partial charge in [0.15, 0.2) is 9.84 Å². The highest BCUT2D eigenvalue weighted by Gasteiger charge is 2.07. The van der Waals surface area contributed by atoms with E-state index >= 15 is 0 Å². The van der Waals surface area contributed by atoms with Crippen molar-refractivity contribution < 1.29 is 22.7 Å². The summed E-state index contributed by atoms with van der Waals surface area (Å²) in [5.74, 6) is 1.16. The molecule has 0 heterocycles. The van der Waals surface area contributed by atoms with Crippen molar-refractivity contribution in [1.82, 2.24) is 0 Å². The zero-order chi connectivity index (χ0) is 19.7. The topological polar surface area (TPSA) is 108 Å². The van der Waals surface area contributed by atoms with Gasteiger partial charge in [0.25, 0.3) is 0 Å². The van der Waals surface area contributed by atoms with Crippen LogP contribution in [0.5, 0.6) is 11.5 Å². The number of nitrogens with two attached hydrogens (primary N) is 1. The number of amides is 1. The fourth-order valence-corrected chi connectivity index (χ4v) is 2.87. The highest BCUT2D eigenvalue weighted by molar-refractivity contribution is 7.90. The minimum absolute atomic E-state index is 0.110. The summed E-state index contributed by atoms with van der Waals surface area (Å²) in [6.07, 6.45) is 2.01. The number of nitrogens with one attached hydrogen (secondary N) is 1. The van der Waals surface area contributed by atoms with E-state index in [0.29, 0.717) is 49.8 Å². The average molecular weight is 392 g/mol. The Kier molecular flexibility index (Phi) is 7.63. The van der Waals surface area contributed by atoms with Crippen LogP contribution in [0.4, 0.5) is 5.69 Å². The van der Waals surface area contributed by atoms with E-state index in [4.69, 9.17) is 15.2 Å². The minimum atomic E-state index is -3.22. The molecule has 0 fully saturated rings. The van der Waals surface area contributed by atoms with Gasteiger partial charge in [0.05, 0.1) is 11.5 Å². The third kappa shape index (κ3) is 7.28. The van der Waals surface area contributed by atoms with Crippen molar-refractivity contribution in [2.45, 2.75) is 17.7 Å². The zero-order valence-electron chi connectivity index (χ0n) is 15.2. The summed E-state index contributed by atoms with van der Waals surface area (Å²) >= 11 is 0. The molecular weight excluding hydrogens is 368 g/mol. The van der Waals surface area contributed by atoms with Gasteiger partial charge < -0.3 is 20.5 Å². The maximum Gasteiger partial charge on any atom is 0.224 e. The van der Waals surface area contributed by atoms with Crippen LogP contribution in [0.15, 0.2) is 53.4 Å². The molecule has 0 saturated heterocycles. The third-order valence-corrected chi connectivity index (χ3v) is 4.72. The summed E-state index contributed by atoms with van der Waals surface area (Å²) in [5.41, 5.74) is 6.07. The van der Waals surface area contributed by atoms with E-state index in [-0.39, 0.29) is 10.8 Å². The molecule has 0 radical (unpaired) electrons. The molecule has 0 aliphatic carbocycles. The first kappa shape index (κ1) is 20.7. The Bertz CT molecular complexity index is 833. The standard InChI is InChI=1S/C19H24N2O5S/c1-27(23,24)18-10-8-17(9-11-18)25-13-2-3-19(22)21-15-4-6-16(7-5-15)26-14-12-20/h4-11H,2-3,12-14,20H2,1H3,(H,21,22). The summed E-state index contributed by atoms with van der Waals surface area (Å²) in [7, 11) is -3.22. The van der Waals surface area contributed by atoms with E-state index in [1.807, 2.05) is 0 Å². The molecule has 0 spiro atoms. The Labute approximate surface area is 159 Å². The summed E-state index contributed by atoms with van der Waals surface area (Å²) in [4.78, 5) is 12.2. The molecule has 1 amide bonds. The smallest absolute Gasteiger partial charge is 0.224 e. The predicted molar refractivity (Wildman–Crippen MR) is 104 cm³/mol. The molecule has 0 aliphatic rings. The zero-order valence-corrected chi connectivity index (χ0v) is 16.0. The van der Waals surface area contributed by atoms with Crippen molar-refractivity contribution in [3.8, 4) is 11.5 Å². The number of hydrogen-bond acceptors (Lipinski definition) is 6. The van der Waals surface area contributed by atoms with Gasteiger partial charge in [-0.2, -0.15) is 0 Å². The molecule has 0 aliphatic heterocycles. The fraction of sp³-hybridized carbons (Fsp3) is 0.316. The molecule has 3 N–H and O–H groups in total. The maximum absolute atomic E-state index is 12.0. The van der Waals surface area contributed by atoms with E-state index in [1.54, 1.807) is 36.4 Å². The second-order valence-electron chi connectivity index (χ2n) is 5.91. The second-order valence-corrected chi connectivity index (χ2v) is 7.92. The first-order chi connectivity index (χ1) is 12.9. The lowest BCUT2D eigenvalue weighted by Gasteiger charge is -2.09. The van der Waals surface area contributed by atoms with Gasteiger partial charge in [0, 0.05) is 24.9 Å². The summed E-state index contributed by atoms with van der Waals surface area (Å²) in [6, 6.07) is 13.3. The largest absolute Gasteiger partial charge is 0.494 e. The number of anilines is 1. The van der Waals surface area contributed by atoms with E-state index < -0.39 is 9.84 Å². The number of sulfone groups is 1. The van der Waals surface area contributed by atoms with Crippen LogP contribution >= 0.6 is 0 Å². The number of ether oxygens (including phenoxy) is 2. The molecule has 0 saturated carbocycles. The number of carbonyl (C=O) groups is 1. The maximum atomic E-state index is 12.0. The van der Waals surface area contributed by atoms with Gasteiger partial charge in [-0.15, -0.1) is 0 Å². The lowest BCUT2D eigenvalue weighted by Crippen LogP contribution is -2.13.